The normalized spacial score (nSPS) is 24.6. The third-order valence-electron chi connectivity index (χ3n) is 4.87. The Labute approximate surface area is 124 Å². The summed E-state index contributed by atoms with van der Waals surface area (Å²) in [6.07, 6.45) is 10.0. The van der Waals surface area contributed by atoms with E-state index in [1.807, 2.05) is 6.20 Å². The Morgan fingerprint density at radius 3 is 2.90 bits per heavy atom. The summed E-state index contributed by atoms with van der Waals surface area (Å²) in [5, 5.41) is 3.80. The lowest BCUT2D eigenvalue weighted by atomic mass is 9.75. The number of hydrogen-bond acceptors (Lipinski definition) is 2. The van der Waals surface area contributed by atoms with E-state index in [9.17, 15) is 0 Å². The zero-order valence-corrected chi connectivity index (χ0v) is 13.4. The summed E-state index contributed by atoms with van der Waals surface area (Å²) in [6, 6.07) is 4.85. The molecule has 3 atom stereocenters. The molecule has 1 fully saturated rings. The van der Waals surface area contributed by atoms with Gasteiger partial charge in [-0.25, -0.2) is 0 Å². The van der Waals surface area contributed by atoms with E-state index in [1.165, 1.54) is 49.8 Å². The largest absolute Gasteiger partial charge is 0.310 e. The Hall–Kier alpha value is -0.890. The molecular formula is C18H30N2. The van der Waals surface area contributed by atoms with E-state index in [4.69, 9.17) is 0 Å². The third-order valence-corrected chi connectivity index (χ3v) is 4.87. The Balaban J connectivity index is 2.16. The van der Waals surface area contributed by atoms with Crippen molar-refractivity contribution in [1.29, 1.82) is 0 Å². The fraction of sp³-hybridized carbons (Fsp3) is 0.722. The van der Waals surface area contributed by atoms with Crippen LogP contribution in [0.2, 0.25) is 0 Å². The van der Waals surface area contributed by atoms with Crippen LogP contribution in [0.5, 0.6) is 0 Å². The predicted octanol–water partition coefficient (Wildman–Crippen LogP) is 4.65. The molecular weight excluding hydrogens is 244 g/mol. The number of rotatable bonds is 6. The van der Waals surface area contributed by atoms with Crippen LogP contribution >= 0.6 is 0 Å². The third kappa shape index (κ3) is 3.82. The summed E-state index contributed by atoms with van der Waals surface area (Å²) in [5.74, 6) is 1.71. The van der Waals surface area contributed by atoms with E-state index in [1.54, 1.807) is 0 Å². The van der Waals surface area contributed by atoms with E-state index in [2.05, 4.69) is 43.2 Å². The maximum atomic E-state index is 4.50. The topological polar surface area (TPSA) is 24.9 Å². The van der Waals surface area contributed by atoms with Gasteiger partial charge in [0.1, 0.15) is 0 Å². The number of aryl methyl sites for hydroxylation is 1. The first-order valence-corrected chi connectivity index (χ1v) is 8.41. The maximum absolute atomic E-state index is 4.50. The highest BCUT2D eigenvalue weighted by Gasteiger charge is 2.29. The van der Waals surface area contributed by atoms with Gasteiger partial charge in [-0.3, -0.25) is 4.98 Å². The van der Waals surface area contributed by atoms with Gasteiger partial charge in [-0.15, -0.1) is 0 Å². The van der Waals surface area contributed by atoms with Crippen molar-refractivity contribution in [3.8, 4) is 0 Å². The molecule has 0 aromatic carbocycles. The van der Waals surface area contributed by atoms with Crippen LogP contribution in [-0.4, -0.2) is 11.5 Å². The van der Waals surface area contributed by atoms with Gasteiger partial charge in [-0.2, -0.15) is 0 Å². The van der Waals surface area contributed by atoms with Gasteiger partial charge in [0.15, 0.2) is 0 Å². The first-order valence-electron chi connectivity index (χ1n) is 8.41. The molecule has 1 N–H and O–H groups in total. The van der Waals surface area contributed by atoms with Gasteiger partial charge in [-0.05, 0) is 56.2 Å². The lowest BCUT2D eigenvalue weighted by Gasteiger charge is -2.35. The molecule has 2 heteroatoms. The maximum Gasteiger partial charge on any atom is 0.0420 e. The lowest BCUT2D eigenvalue weighted by molar-refractivity contribution is 0.209. The molecule has 1 heterocycles. The van der Waals surface area contributed by atoms with Gasteiger partial charge < -0.3 is 5.32 Å². The van der Waals surface area contributed by atoms with E-state index in [0.717, 1.165) is 18.4 Å². The highest BCUT2D eigenvalue weighted by atomic mass is 14.9. The average molecular weight is 274 g/mol. The van der Waals surface area contributed by atoms with Crippen molar-refractivity contribution in [2.75, 3.05) is 6.54 Å². The van der Waals surface area contributed by atoms with E-state index < -0.39 is 0 Å². The second-order valence-electron chi connectivity index (χ2n) is 6.31. The predicted molar refractivity (Wildman–Crippen MR) is 85.7 cm³/mol. The zero-order valence-electron chi connectivity index (χ0n) is 13.4. The first kappa shape index (κ1) is 15.5. The molecule has 3 unspecified atom stereocenters. The lowest BCUT2D eigenvalue weighted by Crippen LogP contribution is -2.32. The molecule has 0 spiro atoms. The molecule has 20 heavy (non-hydrogen) atoms. The number of nitrogens with one attached hydrogen (secondary N) is 1. The van der Waals surface area contributed by atoms with Crippen LogP contribution in [-0.2, 0) is 0 Å². The monoisotopic (exact) mass is 274 g/mol. The summed E-state index contributed by atoms with van der Waals surface area (Å²) in [7, 11) is 0. The molecule has 1 aliphatic rings. The second-order valence-corrected chi connectivity index (χ2v) is 6.31. The van der Waals surface area contributed by atoms with Crippen LogP contribution in [0.1, 0.15) is 69.7 Å². The van der Waals surface area contributed by atoms with Crippen LogP contribution in [0.4, 0.5) is 0 Å². The molecule has 1 saturated carbocycles. The highest BCUT2D eigenvalue weighted by molar-refractivity contribution is 5.23. The van der Waals surface area contributed by atoms with Crippen molar-refractivity contribution in [3.05, 3.63) is 29.6 Å². The van der Waals surface area contributed by atoms with Crippen molar-refractivity contribution in [2.45, 2.75) is 65.3 Å². The van der Waals surface area contributed by atoms with Crippen molar-refractivity contribution in [1.82, 2.24) is 10.3 Å². The molecule has 0 radical (unpaired) electrons. The minimum Gasteiger partial charge on any atom is -0.310 e. The van der Waals surface area contributed by atoms with Gasteiger partial charge in [0.05, 0.1) is 0 Å². The second kappa shape index (κ2) is 7.78. The van der Waals surface area contributed by atoms with Crippen molar-refractivity contribution < 1.29 is 0 Å². The van der Waals surface area contributed by atoms with E-state index in [0.29, 0.717) is 6.04 Å². The van der Waals surface area contributed by atoms with Crippen LogP contribution in [0.25, 0.3) is 0 Å². The van der Waals surface area contributed by atoms with Crippen LogP contribution in [0.15, 0.2) is 18.3 Å². The SMILES string of the molecule is CCCNC(c1cccnc1C)C1CCCC(CC)C1. The molecule has 2 rings (SSSR count). The molecule has 1 aliphatic carbocycles. The Morgan fingerprint density at radius 2 is 2.20 bits per heavy atom. The average Bonchev–Trinajstić information content (AvgIpc) is 2.49. The number of nitrogens with zero attached hydrogens (tertiary/aromatic N) is 1. The van der Waals surface area contributed by atoms with Crippen LogP contribution in [0, 0.1) is 18.8 Å². The fourth-order valence-corrected chi connectivity index (χ4v) is 3.66. The zero-order chi connectivity index (χ0) is 14.4. The summed E-state index contributed by atoms with van der Waals surface area (Å²) in [6.45, 7) is 7.84. The Kier molecular flexibility index (Phi) is 6.03. The van der Waals surface area contributed by atoms with E-state index >= 15 is 0 Å². The van der Waals surface area contributed by atoms with Crippen LogP contribution in [0.3, 0.4) is 0 Å². The quantitative estimate of drug-likeness (QED) is 0.817. The smallest absolute Gasteiger partial charge is 0.0420 e. The fourth-order valence-electron chi connectivity index (χ4n) is 3.66. The number of pyridine rings is 1. The van der Waals surface area contributed by atoms with Gasteiger partial charge in [0.2, 0.25) is 0 Å². The minimum atomic E-state index is 0.498. The molecule has 2 nitrogen and oxygen atoms in total. The molecule has 1 aromatic heterocycles. The molecule has 1 aromatic rings. The summed E-state index contributed by atoms with van der Waals surface area (Å²) in [5.41, 5.74) is 2.61. The van der Waals surface area contributed by atoms with Crippen LogP contribution < -0.4 is 5.32 Å². The van der Waals surface area contributed by atoms with Gasteiger partial charge >= 0.3 is 0 Å². The Morgan fingerprint density at radius 1 is 1.35 bits per heavy atom. The summed E-state index contributed by atoms with van der Waals surface area (Å²) >= 11 is 0. The molecule has 0 aliphatic heterocycles. The van der Waals surface area contributed by atoms with Gasteiger partial charge in [0.25, 0.3) is 0 Å². The number of hydrogen-bond donors (Lipinski definition) is 1. The standard InChI is InChI=1S/C18H30N2/c1-4-11-20-18(17-10-7-12-19-14(17)3)16-9-6-8-15(5-2)13-16/h7,10,12,15-16,18,20H,4-6,8-9,11,13H2,1-3H3. The highest BCUT2D eigenvalue weighted by Crippen LogP contribution is 2.38. The molecule has 0 bridgehead atoms. The summed E-state index contributed by atoms with van der Waals surface area (Å²) < 4.78 is 0. The van der Waals surface area contributed by atoms with Crippen molar-refractivity contribution in [2.24, 2.45) is 11.8 Å². The van der Waals surface area contributed by atoms with Crippen molar-refractivity contribution in [3.63, 3.8) is 0 Å². The molecule has 0 amide bonds. The number of aromatic nitrogens is 1. The molecule has 0 saturated heterocycles. The molecule has 112 valence electrons. The van der Waals surface area contributed by atoms with Gasteiger partial charge in [-0.1, -0.05) is 39.2 Å². The first-order chi connectivity index (χ1) is 9.76. The van der Waals surface area contributed by atoms with E-state index in [-0.39, 0.29) is 0 Å². The van der Waals surface area contributed by atoms with Crippen molar-refractivity contribution >= 4 is 0 Å². The summed E-state index contributed by atoms with van der Waals surface area (Å²) in [4.78, 5) is 4.50. The Bertz CT molecular complexity index is 402. The minimum absolute atomic E-state index is 0.498. The van der Waals surface area contributed by atoms with Gasteiger partial charge in [0, 0.05) is 17.9 Å².